The Kier molecular flexibility index (Phi) is 4.59. The van der Waals surface area contributed by atoms with Gasteiger partial charge in [-0.3, -0.25) is 4.79 Å². The van der Waals surface area contributed by atoms with Crippen molar-refractivity contribution in [3.63, 3.8) is 0 Å². The molecular formula is C18H24N2O5S2. The minimum Gasteiger partial charge on any atom is -0.339 e. The maximum atomic E-state index is 13.1. The fourth-order valence-corrected chi connectivity index (χ4v) is 8.68. The molecule has 0 bridgehead atoms. The molecule has 1 aromatic rings. The molecule has 3 fully saturated rings. The summed E-state index contributed by atoms with van der Waals surface area (Å²) in [7, 11) is -6.89. The van der Waals surface area contributed by atoms with Crippen molar-refractivity contribution in [1.82, 2.24) is 9.21 Å². The molecule has 2 aliphatic heterocycles. The van der Waals surface area contributed by atoms with Gasteiger partial charge >= 0.3 is 0 Å². The number of rotatable bonds is 4. The van der Waals surface area contributed by atoms with Crippen molar-refractivity contribution >= 4 is 25.8 Å². The third-order valence-electron chi connectivity index (χ3n) is 5.98. The molecule has 2 saturated heterocycles. The number of hydrogen-bond donors (Lipinski definition) is 0. The molecule has 1 aliphatic carbocycles. The third-order valence-corrected chi connectivity index (χ3v) is 10.3. The average molecular weight is 413 g/mol. The monoisotopic (exact) mass is 412 g/mol. The van der Waals surface area contributed by atoms with Crippen molar-refractivity contribution in [1.29, 1.82) is 0 Å². The van der Waals surface area contributed by atoms with Gasteiger partial charge in [0, 0.05) is 26.2 Å². The summed E-state index contributed by atoms with van der Waals surface area (Å²) < 4.78 is 50.1. The summed E-state index contributed by atoms with van der Waals surface area (Å²) in [5, 5.41) is -0.844. The Labute approximate surface area is 160 Å². The topological polar surface area (TPSA) is 91.8 Å². The van der Waals surface area contributed by atoms with Crippen molar-refractivity contribution in [3.05, 3.63) is 35.9 Å². The van der Waals surface area contributed by atoms with Crippen LogP contribution in [0.4, 0.5) is 0 Å². The van der Waals surface area contributed by atoms with E-state index in [2.05, 4.69) is 0 Å². The van der Waals surface area contributed by atoms with E-state index in [-0.39, 0.29) is 36.9 Å². The summed E-state index contributed by atoms with van der Waals surface area (Å²) in [4.78, 5) is 14.8. The summed E-state index contributed by atoms with van der Waals surface area (Å²) in [6.45, 7) is 1.17. The Balaban J connectivity index is 1.42. The second-order valence-electron chi connectivity index (χ2n) is 7.71. The number of carbonyl (C=O) groups is 1. The fourth-order valence-electron chi connectivity index (χ4n) is 4.16. The van der Waals surface area contributed by atoms with E-state index in [1.54, 1.807) is 4.90 Å². The molecule has 9 heteroatoms. The minimum atomic E-state index is -3.64. The molecule has 1 unspecified atom stereocenters. The molecule has 3 aliphatic rings. The van der Waals surface area contributed by atoms with Crippen molar-refractivity contribution < 1.29 is 21.6 Å². The van der Waals surface area contributed by atoms with Gasteiger partial charge in [0.2, 0.25) is 15.9 Å². The zero-order valence-electron chi connectivity index (χ0n) is 15.1. The van der Waals surface area contributed by atoms with Gasteiger partial charge in [0.1, 0.15) is 0 Å². The summed E-state index contributed by atoms with van der Waals surface area (Å²) in [5.41, 5.74) is 0.586. The first-order valence-corrected chi connectivity index (χ1v) is 12.6. The molecule has 7 nitrogen and oxygen atoms in total. The second-order valence-corrected chi connectivity index (χ2v) is 12.2. The van der Waals surface area contributed by atoms with E-state index in [0.29, 0.717) is 13.1 Å². The lowest BCUT2D eigenvalue weighted by molar-refractivity contribution is -0.135. The smallest absolute Gasteiger partial charge is 0.233 e. The zero-order valence-corrected chi connectivity index (χ0v) is 16.7. The van der Waals surface area contributed by atoms with Crippen molar-refractivity contribution in [2.45, 2.75) is 29.9 Å². The van der Waals surface area contributed by atoms with Crippen LogP contribution in [0.5, 0.6) is 0 Å². The van der Waals surface area contributed by atoms with Gasteiger partial charge in [0.15, 0.2) is 9.84 Å². The van der Waals surface area contributed by atoms with E-state index in [1.807, 2.05) is 30.3 Å². The first-order chi connectivity index (χ1) is 12.7. The highest BCUT2D eigenvalue weighted by Crippen LogP contribution is 2.49. The van der Waals surface area contributed by atoms with E-state index >= 15 is 0 Å². The van der Waals surface area contributed by atoms with Crippen molar-refractivity contribution in [2.75, 3.05) is 37.7 Å². The summed E-state index contributed by atoms with van der Waals surface area (Å²) in [5.74, 6) is -0.269. The maximum Gasteiger partial charge on any atom is 0.233 e. The van der Waals surface area contributed by atoms with E-state index in [9.17, 15) is 21.6 Å². The van der Waals surface area contributed by atoms with Crippen LogP contribution in [0.1, 0.15) is 24.8 Å². The van der Waals surface area contributed by atoms with Gasteiger partial charge in [-0.1, -0.05) is 30.3 Å². The van der Waals surface area contributed by atoms with Crippen LogP contribution in [0.3, 0.4) is 0 Å². The molecule has 1 atom stereocenters. The lowest BCUT2D eigenvalue weighted by Gasteiger charge is -2.37. The first-order valence-electron chi connectivity index (χ1n) is 9.29. The first kappa shape index (κ1) is 18.9. The summed E-state index contributed by atoms with van der Waals surface area (Å²) >= 11 is 0. The van der Waals surface area contributed by atoms with E-state index in [1.165, 1.54) is 4.31 Å². The lowest BCUT2D eigenvalue weighted by atomic mass is 9.94. The number of sulfone groups is 1. The number of benzene rings is 1. The molecule has 0 spiro atoms. The molecule has 4 rings (SSSR count). The van der Waals surface area contributed by atoms with Gasteiger partial charge in [-0.2, -0.15) is 4.31 Å². The Hall–Kier alpha value is -1.45. The van der Waals surface area contributed by atoms with Gasteiger partial charge in [-0.25, -0.2) is 16.8 Å². The van der Waals surface area contributed by atoms with Crippen molar-refractivity contribution in [3.8, 4) is 0 Å². The SMILES string of the molecule is O=C(N1CCN(S(=O)(=O)C2CCS(=O)(=O)C2)CC1)C1(c2ccccc2)CC1. The number of amides is 1. The van der Waals surface area contributed by atoms with Gasteiger partial charge in [0.25, 0.3) is 0 Å². The van der Waals surface area contributed by atoms with Crippen LogP contribution in [0.2, 0.25) is 0 Å². The standard InChI is InChI=1S/C18H24N2O5S2/c21-17(18(7-8-18)15-4-2-1-3-5-15)19-9-11-20(12-10-19)27(24,25)16-6-13-26(22,23)14-16/h1-5,16H,6-14H2. The summed E-state index contributed by atoms with van der Waals surface area (Å²) in [6, 6.07) is 9.75. The van der Waals surface area contributed by atoms with Crippen LogP contribution in [-0.4, -0.2) is 74.9 Å². The van der Waals surface area contributed by atoms with E-state index < -0.39 is 30.5 Å². The second kappa shape index (κ2) is 6.56. The maximum absolute atomic E-state index is 13.1. The Morgan fingerprint density at radius 2 is 1.67 bits per heavy atom. The number of hydrogen-bond acceptors (Lipinski definition) is 5. The molecule has 27 heavy (non-hydrogen) atoms. The summed E-state index contributed by atoms with van der Waals surface area (Å²) in [6.07, 6.45) is 1.82. The average Bonchev–Trinajstić information content (AvgIpc) is 3.39. The number of piperazine rings is 1. The van der Waals surface area contributed by atoms with E-state index in [0.717, 1.165) is 18.4 Å². The molecule has 0 aromatic heterocycles. The quantitative estimate of drug-likeness (QED) is 0.713. The fraction of sp³-hybridized carbons (Fsp3) is 0.611. The number of carbonyl (C=O) groups excluding carboxylic acids is 1. The molecule has 2 heterocycles. The minimum absolute atomic E-state index is 0.0606. The highest BCUT2D eigenvalue weighted by Gasteiger charge is 2.53. The molecule has 1 aromatic carbocycles. The molecule has 1 amide bonds. The Morgan fingerprint density at radius 3 is 2.19 bits per heavy atom. The van der Waals surface area contributed by atoms with Crippen LogP contribution < -0.4 is 0 Å². The predicted octanol–water partition coefficient (Wildman–Crippen LogP) is 0.379. The van der Waals surface area contributed by atoms with Gasteiger partial charge in [-0.05, 0) is 24.8 Å². The Morgan fingerprint density at radius 1 is 1.04 bits per heavy atom. The number of nitrogens with zero attached hydrogens (tertiary/aromatic N) is 2. The highest BCUT2D eigenvalue weighted by molar-refractivity contribution is 7.95. The largest absolute Gasteiger partial charge is 0.339 e. The molecular weight excluding hydrogens is 388 g/mol. The van der Waals surface area contributed by atoms with Gasteiger partial charge in [-0.15, -0.1) is 0 Å². The van der Waals surface area contributed by atoms with Crippen LogP contribution >= 0.6 is 0 Å². The molecule has 0 N–H and O–H groups in total. The van der Waals surface area contributed by atoms with Crippen LogP contribution in [0, 0.1) is 0 Å². The Bertz CT molecular complexity index is 931. The van der Waals surface area contributed by atoms with Crippen LogP contribution in [-0.2, 0) is 30.1 Å². The highest BCUT2D eigenvalue weighted by atomic mass is 32.2. The lowest BCUT2D eigenvalue weighted by Crippen LogP contribution is -2.54. The van der Waals surface area contributed by atoms with Crippen LogP contribution in [0.15, 0.2) is 30.3 Å². The molecule has 1 saturated carbocycles. The molecule has 148 valence electrons. The normalized spacial score (nSPS) is 27.4. The number of sulfonamides is 1. The molecule has 0 radical (unpaired) electrons. The third kappa shape index (κ3) is 3.40. The van der Waals surface area contributed by atoms with Crippen LogP contribution in [0.25, 0.3) is 0 Å². The van der Waals surface area contributed by atoms with Crippen molar-refractivity contribution in [2.24, 2.45) is 0 Å². The predicted molar refractivity (Wildman–Crippen MR) is 101 cm³/mol. The van der Waals surface area contributed by atoms with Gasteiger partial charge < -0.3 is 4.90 Å². The van der Waals surface area contributed by atoms with Gasteiger partial charge in [0.05, 0.1) is 22.2 Å². The zero-order chi connectivity index (χ0) is 19.3. The van der Waals surface area contributed by atoms with E-state index in [4.69, 9.17) is 0 Å².